The van der Waals surface area contributed by atoms with Crippen LogP contribution < -0.4 is 10.6 Å². The molecule has 0 atom stereocenters. The van der Waals surface area contributed by atoms with E-state index in [0.717, 1.165) is 36.8 Å². The summed E-state index contributed by atoms with van der Waals surface area (Å²) in [6.45, 7) is 6.27. The fourth-order valence-corrected chi connectivity index (χ4v) is 2.04. The van der Waals surface area contributed by atoms with Crippen LogP contribution in [0.25, 0.3) is 0 Å². The largest absolute Gasteiger partial charge is 0.469 e. The van der Waals surface area contributed by atoms with Crippen LogP contribution in [0.5, 0.6) is 0 Å². The van der Waals surface area contributed by atoms with E-state index in [1.54, 1.807) is 12.3 Å². The molecule has 0 bridgehead atoms. The molecule has 23 heavy (non-hydrogen) atoms. The van der Waals surface area contributed by atoms with Crippen molar-refractivity contribution in [3.63, 3.8) is 0 Å². The molecule has 1 heterocycles. The predicted octanol–water partition coefficient (Wildman–Crippen LogP) is 3.35. The number of nitrogens with zero attached hydrogens (tertiary/aromatic N) is 1. The molecule has 0 aliphatic rings. The molecule has 2 N–H and O–H groups in total. The Bertz CT molecular complexity index is 608. The summed E-state index contributed by atoms with van der Waals surface area (Å²) in [5.41, 5.74) is 0.849. The van der Waals surface area contributed by atoms with Gasteiger partial charge in [0.25, 0.3) is 0 Å². The van der Waals surface area contributed by atoms with E-state index in [2.05, 4.69) is 29.5 Å². The standard InChI is InChI=1S/C18H24FN3O/c1-14(2)12-21-18(20-9-8-17-7-4-10-23-17)22-13-15-5-3-6-16(19)11-15/h3-7,10-11,14H,8-9,12-13H2,1-2H3,(H2,20,21,22). The molecular formula is C18H24FN3O. The highest BCUT2D eigenvalue weighted by molar-refractivity contribution is 5.79. The molecule has 2 rings (SSSR count). The highest BCUT2D eigenvalue weighted by atomic mass is 19.1. The Morgan fingerprint density at radius 2 is 2.09 bits per heavy atom. The van der Waals surface area contributed by atoms with Crippen LogP contribution in [0, 0.1) is 11.7 Å². The van der Waals surface area contributed by atoms with E-state index in [9.17, 15) is 4.39 Å². The zero-order valence-corrected chi connectivity index (χ0v) is 13.7. The Morgan fingerprint density at radius 3 is 2.78 bits per heavy atom. The molecule has 124 valence electrons. The summed E-state index contributed by atoms with van der Waals surface area (Å²) in [4.78, 5) is 4.52. The van der Waals surface area contributed by atoms with E-state index in [0.29, 0.717) is 12.5 Å². The number of hydrogen-bond donors (Lipinski definition) is 2. The van der Waals surface area contributed by atoms with Crippen molar-refractivity contribution in [2.24, 2.45) is 10.9 Å². The molecule has 0 fully saturated rings. The molecule has 0 unspecified atom stereocenters. The first-order chi connectivity index (χ1) is 11.1. The zero-order valence-electron chi connectivity index (χ0n) is 13.7. The van der Waals surface area contributed by atoms with Crippen molar-refractivity contribution < 1.29 is 8.81 Å². The molecule has 0 spiro atoms. The third kappa shape index (κ3) is 6.55. The van der Waals surface area contributed by atoms with Crippen molar-refractivity contribution in [2.45, 2.75) is 26.8 Å². The van der Waals surface area contributed by atoms with Gasteiger partial charge in [0.05, 0.1) is 12.8 Å². The average molecular weight is 317 g/mol. The zero-order chi connectivity index (χ0) is 16.5. The van der Waals surface area contributed by atoms with Crippen molar-refractivity contribution in [2.75, 3.05) is 13.1 Å². The summed E-state index contributed by atoms with van der Waals surface area (Å²) in [6, 6.07) is 10.3. The predicted molar refractivity (Wildman–Crippen MR) is 90.8 cm³/mol. The third-order valence-electron chi connectivity index (χ3n) is 3.23. The quantitative estimate of drug-likeness (QED) is 0.608. The lowest BCUT2D eigenvalue weighted by Gasteiger charge is -2.14. The van der Waals surface area contributed by atoms with Crippen LogP contribution in [-0.4, -0.2) is 19.0 Å². The van der Waals surface area contributed by atoms with Crippen LogP contribution in [0.15, 0.2) is 52.1 Å². The van der Waals surface area contributed by atoms with Crippen molar-refractivity contribution in [1.29, 1.82) is 0 Å². The van der Waals surface area contributed by atoms with Crippen molar-refractivity contribution in [3.8, 4) is 0 Å². The maximum absolute atomic E-state index is 13.2. The highest BCUT2D eigenvalue weighted by Gasteiger charge is 2.02. The van der Waals surface area contributed by atoms with Gasteiger partial charge in [-0.1, -0.05) is 26.0 Å². The smallest absolute Gasteiger partial charge is 0.191 e. The van der Waals surface area contributed by atoms with Crippen LogP contribution in [0.3, 0.4) is 0 Å². The summed E-state index contributed by atoms with van der Waals surface area (Å²) in [6.07, 6.45) is 2.46. The Morgan fingerprint density at radius 1 is 1.22 bits per heavy atom. The number of halogens is 1. The summed E-state index contributed by atoms with van der Waals surface area (Å²) in [5.74, 6) is 1.95. The van der Waals surface area contributed by atoms with Gasteiger partial charge in [-0.25, -0.2) is 9.38 Å². The number of rotatable bonds is 7. The third-order valence-corrected chi connectivity index (χ3v) is 3.23. The van der Waals surface area contributed by atoms with E-state index >= 15 is 0 Å². The van der Waals surface area contributed by atoms with E-state index in [4.69, 9.17) is 4.42 Å². The second-order valence-electron chi connectivity index (χ2n) is 5.83. The van der Waals surface area contributed by atoms with Gasteiger partial charge in [0.2, 0.25) is 0 Å². The SMILES string of the molecule is CC(C)CNC(=NCc1cccc(F)c1)NCCc1ccco1. The van der Waals surface area contributed by atoms with Crippen LogP contribution >= 0.6 is 0 Å². The first-order valence-electron chi connectivity index (χ1n) is 7.92. The lowest BCUT2D eigenvalue weighted by atomic mass is 10.2. The number of furan rings is 1. The Hall–Kier alpha value is -2.30. The monoisotopic (exact) mass is 317 g/mol. The molecule has 5 heteroatoms. The Balaban J connectivity index is 1.90. The molecule has 0 amide bonds. The molecule has 1 aromatic carbocycles. The second-order valence-corrected chi connectivity index (χ2v) is 5.83. The van der Waals surface area contributed by atoms with E-state index in [-0.39, 0.29) is 5.82 Å². The minimum Gasteiger partial charge on any atom is -0.469 e. The minimum atomic E-state index is -0.236. The molecule has 0 aliphatic carbocycles. The molecule has 2 aromatic rings. The van der Waals surface area contributed by atoms with Gasteiger partial charge in [0, 0.05) is 19.5 Å². The van der Waals surface area contributed by atoms with Gasteiger partial charge in [-0.05, 0) is 35.7 Å². The van der Waals surface area contributed by atoms with Crippen molar-refractivity contribution >= 4 is 5.96 Å². The second kappa shape index (κ2) is 8.98. The molecule has 0 aliphatic heterocycles. The van der Waals surface area contributed by atoms with Gasteiger partial charge in [-0.15, -0.1) is 0 Å². The van der Waals surface area contributed by atoms with Crippen LogP contribution in [0.1, 0.15) is 25.2 Å². The van der Waals surface area contributed by atoms with Crippen LogP contribution in [0.4, 0.5) is 4.39 Å². The summed E-state index contributed by atoms with van der Waals surface area (Å²) in [5, 5.41) is 6.58. The lowest BCUT2D eigenvalue weighted by molar-refractivity contribution is 0.506. The Labute approximate surface area is 136 Å². The van der Waals surface area contributed by atoms with Gasteiger partial charge in [-0.2, -0.15) is 0 Å². The molecular weight excluding hydrogens is 293 g/mol. The molecule has 0 saturated heterocycles. The fraction of sp³-hybridized carbons (Fsp3) is 0.389. The molecule has 4 nitrogen and oxygen atoms in total. The first kappa shape index (κ1) is 17.1. The summed E-state index contributed by atoms with van der Waals surface area (Å²) < 4.78 is 18.5. The molecule has 0 saturated carbocycles. The van der Waals surface area contributed by atoms with Crippen molar-refractivity contribution in [3.05, 3.63) is 59.8 Å². The fourth-order valence-electron chi connectivity index (χ4n) is 2.04. The van der Waals surface area contributed by atoms with Crippen LogP contribution in [-0.2, 0) is 13.0 Å². The normalized spacial score (nSPS) is 11.7. The van der Waals surface area contributed by atoms with E-state index < -0.39 is 0 Å². The van der Waals surface area contributed by atoms with Gasteiger partial charge < -0.3 is 15.1 Å². The minimum absolute atomic E-state index is 0.236. The highest BCUT2D eigenvalue weighted by Crippen LogP contribution is 2.05. The molecule has 1 aromatic heterocycles. The number of nitrogens with one attached hydrogen (secondary N) is 2. The van der Waals surface area contributed by atoms with Gasteiger partial charge >= 0.3 is 0 Å². The number of benzene rings is 1. The van der Waals surface area contributed by atoms with E-state index in [1.807, 2.05) is 18.2 Å². The van der Waals surface area contributed by atoms with Crippen LogP contribution in [0.2, 0.25) is 0 Å². The Kier molecular flexibility index (Phi) is 6.66. The number of guanidine groups is 1. The number of aliphatic imine (C=N–C) groups is 1. The van der Waals surface area contributed by atoms with Gasteiger partial charge in [-0.3, -0.25) is 0 Å². The topological polar surface area (TPSA) is 49.6 Å². The maximum atomic E-state index is 13.2. The summed E-state index contributed by atoms with van der Waals surface area (Å²) >= 11 is 0. The molecule has 0 radical (unpaired) electrons. The lowest BCUT2D eigenvalue weighted by Crippen LogP contribution is -2.40. The first-order valence-corrected chi connectivity index (χ1v) is 7.92. The average Bonchev–Trinajstić information content (AvgIpc) is 3.02. The maximum Gasteiger partial charge on any atom is 0.191 e. The van der Waals surface area contributed by atoms with Gasteiger partial charge in [0.15, 0.2) is 5.96 Å². The number of hydrogen-bond acceptors (Lipinski definition) is 2. The summed E-state index contributed by atoms with van der Waals surface area (Å²) in [7, 11) is 0. The van der Waals surface area contributed by atoms with E-state index in [1.165, 1.54) is 12.1 Å². The van der Waals surface area contributed by atoms with Crippen molar-refractivity contribution in [1.82, 2.24) is 10.6 Å². The van der Waals surface area contributed by atoms with Gasteiger partial charge in [0.1, 0.15) is 11.6 Å².